The maximum atomic E-state index is 11.4. The zero-order valence-corrected chi connectivity index (χ0v) is 10.8. The van der Waals surface area contributed by atoms with Gasteiger partial charge in [-0.2, -0.15) is 0 Å². The summed E-state index contributed by atoms with van der Waals surface area (Å²) in [6.45, 7) is 0. The van der Waals surface area contributed by atoms with Gasteiger partial charge < -0.3 is 5.11 Å². The number of benzene rings is 1. The zero-order valence-electron chi connectivity index (χ0n) is 8.40. The van der Waals surface area contributed by atoms with Gasteiger partial charge in [0, 0.05) is 5.33 Å². The second kappa shape index (κ2) is 4.84. The lowest BCUT2D eigenvalue weighted by Crippen LogP contribution is -2.29. The Balaban J connectivity index is 3.01. The van der Waals surface area contributed by atoms with Crippen LogP contribution in [-0.4, -0.2) is 25.7 Å². The molecular formula is C9H10BrNO4S. The normalized spacial score (nSPS) is 11.1. The van der Waals surface area contributed by atoms with Gasteiger partial charge in [0.2, 0.25) is 10.0 Å². The van der Waals surface area contributed by atoms with Gasteiger partial charge in [-0.3, -0.25) is 4.79 Å². The Morgan fingerprint density at radius 1 is 1.50 bits per heavy atom. The van der Waals surface area contributed by atoms with Crippen LogP contribution in [0.2, 0.25) is 0 Å². The fraction of sp³-hybridized carbons (Fsp3) is 0.222. The van der Waals surface area contributed by atoms with Crippen molar-refractivity contribution in [1.29, 1.82) is 0 Å². The van der Waals surface area contributed by atoms with Crippen LogP contribution in [0.1, 0.15) is 15.9 Å². The van der Waals surface area contributed by atoms with E-state index in [1.54, 1.807) is 10.8 Å². The molecule has 0 aliphatic carbocycles. The second-order valence-corrected chi connectivity index (χ2v) is 5.50. The summed E-state index contributed by atoms with van der Waals surface area (Å²) in [4.78, 5) is 11.4. The maximum absolute atomic E-state index is 11.4. The van der Waals surface area contributed by atoms with E-state index in [1.807, 2.05) is 0 Å². The van der Waals surface area contributed by atoms with Crippen molar-refractivity contribution < 1.29 is 18.3 Å². The summed E-state index contributed by atoms with van der Waals surface area (Å²) >= 11 is 3.19. The molecule has 0 spiro atoms. The van der Waals surface area contributed by atoms with Crippen molar-refractivity contribution in [3.05, 3.63) is 29.3 Å². The molecule has 0 radical (unpaired) electrons. The number of halogens is 1. The molecule has 1 aromatic carbocycles. The Kier molecular flexibility index (Phi) is 3.93. The van der Waals surface area contributed by atoms with Crippen LogP contribution in [0.3, 0.4) is 0 Å². The molecule has 2 N–H and O–H groups in total. The number of carbonyl (C=O) groups is 1. The molecule has 1 rings (SSSR count). The highest BCUT2D eigenvalue weighted by molar-refractivity contribution is 9.08. The first-order chi connectivity index (χ1) is 7.33. The van der Waals surface area contributed by atoms with Crippen LogP contribution in [-0.2, 0) is 15.4 Å². The van der Waals surface area contributed by atoms with Crippen molar-refractivity contribution in [2.24, 2.45) is 0 Å². The van der Waals surface area contributed by atoms with Crippen LogP contribution in [0.25, 0.3) is 0 Å². The summed E-state index contributed by atoms with van der Waals surface area (Å²) in [5.41, 5.74) is 0.712. The Bertz CT molecular complexity index is 512. The van der Waals surface area contributed by atoms with Crippen molar-refractivity contribution in [1.82, 2.24) is 4.72 Å². The van der Waals surface area contributed by atoms with Gasteiger partial charge in [-0.15, -0.1) is 0 Å². The minimum atomic E-state index is -3.62. The molecular weight excluding hydrogens is 298 g/mol. The Morgan fingerprint density at radius 3 is 2.56 bits per heavy atom. The largest absolute Gasteiger partial charge is 0.507 e. The van der Waals surface area contributed by atoms with Crippen LogP contribution < -0.4 is 4.72 Å². The maximum Gasteiger partial charge on any atom is 0.268 e. The van der Waals surface area contributed by atoms with Crippen molar-refractivity contribution in [2.75, 3.05) is 6.26 Å². The molecule has 7 heteroatoms. The fourth-order valence-electron chi connectivity index (χ4n) is 1.08. The first-order valence-corrected chi connectivity index (χ1v) is 7.25. The van der Waals surface area contributed by atoms with Crippen LogP contribution in [0.15, 0.2) is 18.2 Å². The smallest absolute Gasteiger partial charge is 0.268 e. The number of hydrogen-bond donors (Lipinski definition) is 2. The predicted octanol–water partition coefficient (Wildman–Crippen LogP) is 0.976. The van der Waals surface area contributed by atoms with E-state index in [4.69, 9.17) is 0 Å². The van der Waals surface area contributed by atoms with E-state index in [0.717, 1.165) is 11.8 Å². The van der Waals surface area contributed by atoms with Gasteiger partial charge in [-0.25, -0.2) is 13.1 Å². The standard InChI is InChI=1S/C9H10BrNO4S/c1-16(14,15)11-9(13)7-3-2-6(5-10)4-8(7)12/h2-4,12H,5H2,1H3,(H,11,13). The molecule has 0 fully saturated rings. The third-order valence-corrected chi connectivity index (χ3v) is 2.94. The van der Waals surface area contributed by atoms with E-state index in [9.17, 15) is 18.3 Å². The molecule has 0 saturated carbocycles. The SMILES string of the molecule is CS(=O)(=O)NC(=O)c1ccc(CBr)cc1O. The molecule has 0 bridgehead atoms. The summed E-state index contributed by atoms with van der Waals surface area (Å²) in [6, 6.07) is 4.38. The third-order valence-electron chi connectivity index (χ3n) is 1.74. The first kappa shape index (κ1) is 13.0. The number of sulfonamides is 1. The van der Waals surface area contributed by atoms with Crippen molar-refractivity contribution >= 4 is 31.9 Å². The predicted molar refractivity (Wildman–Crippen MR) is 63.0 cm³/mol. The monoisotopic (exact) mass is 307 g/mol. The number of hydrogen-bond acceptors (Lipinski definition) is 4. The topological polar surface area (TPSA) is 83.5 Å². The van der Waals surface area contributed by atoms with E-state index in [1.165, 1.54) is 12.1 Å². The molecule has 5 nitrogen and oxygen atoms in total. The van der Waals surface area contributed by atoms with Crippen molar-refractivity contribution in [3.8, 4) is 5.75 Å². The Morgan fingerprint density at radius 2 is 2.12 bits per heavy atom. The minimum Gasteiger partial charge on any atom is -0.507 e. The summed E-state index contributed by atoms with van der Waals surface area (Å²) in [5, 5.41) is 10.0. The van der Waals surface area contributed by atoms with Crippen LogP contribution in [0.4, 0.5) is 0 Å². The Labute approximate surface area is 102 Å². The molecule has 0 aliphatic heterocycles. The average Bonchev–Trinajstić information content (AvgIpc) is 2.14. The number of aromatic hydroxyl groups is 1. The zero-order chi connectivity index (χ0) is 12.3. The molecule has 0 unspecified atom stereocenters. The first-order valence-electron chi connectivity index (χ1n) is 4.23. The summed E-state index contributed by atoms with van der Waals surface area (Å²) in [5.74, 6) is -1.10. The van der Waals surface area contributed by atoms with Crippen LogP contribution in [0, 0.1) is 0 Å². The molecule has 0 aromatic heterocycles. The average molecular weight is 308 g/mol. The lowest BCUT2D eigenvalue weighted by Gasteiger charge is -2.05. The number of nitrogens with one attached hydrogen (secondary N) is 1. The number of carbonyl (C=O) groups excluding carboxylic acids is 1. The summed E-state index contributed by atoms with van der Waals surface area (Å²) < 4.78 is 23.4. The van der Waals surface area contributed by atoms with Gasteiger partial charge >= 0.3 is 0 Å². The highest BCUT2D eigenvalue weighted by atomic mass is 79.9. The van der Waals surface area contributed by atoms with Gasteiger partial charge in [-0.1, -0.05) is 22.0 Å². The molecule has 0 heterocycles. The lowest BCUT2D eigenvalue weighted by molar-refractivity contribution is 0.0979. The van der Waals surface area contributed by atoms with E-state index in [2.05, 4.69) is 15.9 Å². The van der Waals surface area contributed by atoms with Crippen LogP contribution in [0.5, 0.6) is 5.75 Å². The van der Waals surface area contributed by atoms with E-state index in [-0.39, 0.29) is 11.3 Å². The van der Waals surface area contributed by atoms with Gasteiger partial charge in [0.25, 0.3) is 5.91 Å². The molecule has 0 saturated heterocycles. The van der Waals surface area contributed by atoms with E-state index < -0.39 is 15.9 Å². The summed E-state index contributed by atoms with van der Waals surface area (Å²) in [6.07, 6.45) is 0.870. The molecule has 0 atom stereocenters. The number of amides is 1. The number of rotatable bonds is 3. The fourth-order valence-corrected chi connectivity index (χ4v) is 1.87. The third kappa shape index (κ3) is 3.49. The number of phenolic OH excluding ortho intramolecular Hbond substituents is 1. The van der Waals surface area contributed by atoms with Gasteiger partial charge in [0.05, 0.1) is 11.8 Å². The highest BCUT2D eigenvalue weighted by Gasteiger charge is 2.14. The molecule has 1 amide bonds. The molecule has 16 heavy (non-hydrogen) atoms. The Hall–Kier alpha value is -1.08. The van der Waals surface area contributed by atoms with Crippen molar-refractivity contribution in [2.45, 2.75) is 5.33 Å². The van der Waals surface area contributed by atoms with Crippen molar-refractivity contribution in [3.63, 3.8) is 0 Å². The highest BCUT2D eigenvalue weighted by Crippen LogP contribution is 2.20. The van der Waals surface area contributed by atoms with Gasteiger partial charge in [0.1, 0.15) is 5.75 Å². The molecule has 0 aliphatic rings. The van der Waals surface area contributed by atoms with Crippen LogP contribution >= 0.6 is 15.9 Å². The molecule has 1 aromatic rings. The number of alkyl halides is 1. The second-order valence-electron chi connectivity index (χ2n) is 3.19. The molecule has 88 valence electrons. The lowest BCUT2D eigenvalue weighted by atomic mass is 10.1. The summed E-state index contributed by atoms with van der Waals surface area (Å²) in [7, 11) is -3.62. The minimum absolute atomic E-state index is 0.0740. The number of phenols is 1. The van der Waals surface area contributed by atoms with E-state index in [0.29, 0.717) is 5.33 Å². The quantitative estimate of drug-likeness (QED) is 0.815. The van der Waals surface area contributed by atoms with E-state index >= 15 is 0 Å². The van der Waals surface area contributed by atoms with Gasteiger partial charge in [-0.05, 0) is 17.7 Å². The van der Waals surface area contributed by atoms with Gasteiger partial charge in [0.15, 0.2) is 0 Å².